The number of likely N-dealkylation sites (N-methyl/N-ethyl adjacent to an activating group) is 1. The van der Waals surface area contributed by atoms with E-state index in [2.05, 4.69) is 44.3 Å². The highest BCUT2D eigenvalue weighted by Crippen LogP contribution is 2.29. The zero-order valence-corrected chi connectivity index (χ0v) is 23.3. The first-order valence-corrected chi connectivity index (χ1v) is 14.2. The van der Waals surface area contributed by atoms with Gasteiger partial charge in [0.1, 0.15) is 0 Å². The molecule has 3 aromatic carbocycles. The van der Waals surface area contributed by atoms with Crippen molar-refractivity contribution in [1.82, 2.24) is 9.88 Å². The van der Waals surface area contributed by atoms with Crippen molar-refractivity contribution in [1.29, 1.82) is 0 Å². The smallest absolute Gasteiger partial charge is 0.265 e. The lowest BCUT2D eigenvalue weighted by Gasteiger charge is -2.34. The van der Waals surface area contributed by atoms with Gasteiger partial charge in [0.2, 0.25) is 0 Å². The second-order valence-electron chi connectivity index (χ2n) is 10.1. The molecule has 1 fully saturated rings. The summed E-state index contributed by atoms with van der Waals surface area (Å²) in [5.41, 5.74) is 4.77. The topological polar surface area (TPSA) is 101 Å². The van der Waals surface area contributed by atoms with E-state index in [0.29, 0.717) is 32.8 Å². The Morgan fingerprint density at radius 3 is 2.39 bits per heavy atom. The number of benzene rings is 3. The summed E-state index contributed by atoms with van der Waals surface area (Å²) < 4.78 is 0. The van der Waals surface area contributed by atoms with Crippen molar-refractivity contribution in [3.05, 3.63) is 106 Å². The van der Waals surface area contributed by atoms with E-state index in [0.717, 1.165) is 37.3 Å². The van der Waals surface area contributed by atoms with E-state index in [1.54, 1.807) is 48.7 Å². The van der Waals surface area contributed by atoms with Gasteiger partial charge in [-0.3, -0.25) is 14.6 Å². The molecule has 0 aliphatic carbocycles. The first kappa shape index (κ1) is 26.5. The molecule has 0 bridgehead atoms. The fourth-order valence-electron chi connectivity index (χ4n) is 4.90. The van der Waals surface area contributed by atoms with Crippen molar-refractivity contribution in [2.45, 2.75) is 0 Å². The maximum absolute atomic E-state index is 13.2. The van der Waals surface area contributed by atoms with E-state index >= 15 is 0 Å². The molecule has 8 nitrogen and oxygen atoms in total. The van der Waals surface area contributed by atoms with E-state index in [1.807, 2.05) is 29.6 Å². The molecule has 0 saturated carbocycles. The van der Waals surface area contributed by atoms with Gasteiger partial charge >= 0.3 is 0 Å². The van der Waals surface area contributed by atoms with Gasteiger partial charge in [-0.15, -0.1) is 11.3 Å². The third kappa shape index (κ3) is 5.77. The van der Waals surface area contributed by atoms with E-state index in [1.165, 1.54) is 17.0 Å². The lowest BCUT2D eigenvalue weighted by atomic mass is 10.0. The SMILES string of the molecule is CN1CCN(c2ccc(N=Cc3c(O)[nH]c4cc(C(=O)c5ccc(NC(=O)c6cccs6)cc5)ccc34)cc2)CC1. The summed E-state index contributed by atoms with van der Waals surface area (Å²) in [4.78, 5) is 38.3. The third-order valence-electron chi connectivity index (χ3n) is 7.29. The van der Waals surface area contributed by atoms with Gasteiger partial charge in [-0.2, -0.15) is 0 Å². The Labute approximate surface area is 241 Å². The standard InChI is InChI=1S/C32H29N5O3S/c1-36-14-16-37(17-15-36)25-11-9-23(10-12-25)33-20-27-26-13-6-22(19-28(26)35-31(27)39)30(38)21-4-7-24(8-5-21)34-32(40)29-3-2-18-41-29/h2-13,18-20,35,39H,14-17H2,1H3,(H,34,40). The highest BCUT2D eigenvalue weighted by atomic mass is 32.1. The van der Waals surface area contributed by atoms with E-state index in [-0.39, 0.29) is 17.6 Å². The van der Waals surface area contributed by atoms with Crippen LogP contribution in [0.2, 0.25) is 0 Å². The van der Waals surface area contributed by atoms with Crippen LogP contribution in [0.4, 0.5) is 17.1 Å². The molecule has 1 aliphatic rings. The summed E-state index contributed by atoms with van der Waals surface area (Å²) in [5, 5.41) is 16.0. The molecule has 1 amide bonds. The minimum Gasteiger partial charge on any atom is -0.494 e. The Morgan fingerprint density at radius 1 is 0.951 bits per heavy atom. The minimum absolute atomic E-state index is 0.00626. The van der Waals surface area contributed by atoms with Crippen LogP contribution in [0.5, 0.6) is 5.88 Å². The molecule has 41 heavy (non-hydrogen) atoms. The second-order valence-corrected chi connectivity index (χ2v) is 11.0. The Balaban J connectivity index is 1.15. The molecule has 0 spiro atoms. The number of hydrogen-bond donors (Lipinski definition) is 3. The lowest BCUT2D eigenvalue weighted by molar-refractivity contribution is 0.102. The number of fused-ring (bicyclic) bond motifs is 1. The van der Waals surface area contributed by atoms with Crippen molar-refractivity contribution >= 4 is 57.2 Å². The number of amides is 1. The number of thiophene rings is 1. The summed E-state index contributed by atoms with van der Waals surface area (Å²) in [5.74, 6) is -0.348. The number of carbonyl (C=O) groups excluding carboxylic acids is 2. The highest BCUT2D eigenvalue weighted by molar-refractivity contribution is 7.12. The van der Waals surface area contributed by atoms with Crippen LogP contribution in [0, 0.1) is 0 Å². The van der Waals surface area contributed by atoms with Crippen molar-refractivity contribution in [2.24, 2.45) is 4.99 Å². The number of piperazine rings is 1. The summed E-state index contributed by atoms with van der Waals surface area (Å²) in [6.07, 6.45) is 1.64. The third-order valence-corrected chi connectivity index (χ3v) is 8.16. The van der Waals surface area contributed by atoms with Gasteiger partial charge in [0.05, 0.1) is 16.1 Å². The Hall–Kier alpha value is -4.73. The zero-order chi connectivity index (χ0) is 28.3. The quantitative estimate of drug-likeness (QED) is 0.169. The van der Waals surface area contributed by atoms with Crippen molar-refractivity contribution < 1.29 is 14.7 Å². The number of aromatic hydroxyl groups is 1. The van der Waals surface area contributed by atoms with Crippen molar-refractivity contribution in [3.8, 4) is 5.88 Å². The predicted molar refractivity (Wildman–Crippen MR) is 166 cm³/mol. The molecule has 5 aromatic rings. The Bertz CT molecular complexity index is 1720. The Kier molecular flexibility index (Phi) is 7.37. The number of aromatic nitrogens is 1. The number of carbonyl (C=O) groups is 2. The minimum atomic E-state index is -0.182. The molecule has 3 heterocycles. The largest absolute Gasteiger partial charge is 0.494 e. The number of aliphatic imine (C=N–C) groups is 1. The summed E-state index contributed by atoms with van der Waals surface area (Å²) in [6.45, 7) is 4.11. The van der Waals surface area contributed by atoms with Gasteiger partial charge in [-0.05, 0) is 73.1 Å². The summed E-state index contributed by atoms with van der Waals surface area (Å²) in [6, 6.07) is 23.8. The van der Waals surface area contributed by atoms with Crippen LogP contribution >= 0.6 is 11.3 Å². The van der Waals surface area contributed by atoms with Gasteiger partial charge in [-0.1, -0.05) is 18.2 Å². The number of H-pyrrole nitrogens is 1. The summed E-state index contributed by atoms with van der Waals surface area (Å²) >= 11 is 1.37. The molecular formula is C32H29N5O3S. The molecule has 0 atom stereocenters. The van der Waals surface area contributed by atoms with Gasteiger partial charge in [0.15, 0.2) is 11.7 Å². The molecule has 0 unspecified atom stereocenters. The van der Waals surface area contributed by atoms with Crippen LogP contribution in [0.25, 0.3) is 10.9 Å². The maximum Gasteiger partial charge on any atom is 0.265 e. The van der Waals surface area contributed by atoms with Crippen LogP contribution in [-0.4, -0.2) is 66.1 Å². The molecular weight excluding hydrogens is 534 g/mol. The second kappa shape index (κ2) is 11.4. The van der Waals surface area contributed by atoms with E-state index in [9.17, 15) is 14.7 Å². The maximum atomic E-state index is 13.2. The van der Waals surface area contributed by atoms with Gasteiger partial charge in [-0.25, -0.2) is 0 Å². The lowest BCUT2D eigenvalue weighted by Crippen LogP contribution is -2.44. The average Bonchev–Trinajstić information content (AvgIpc) is 3.64. The van der Waals surface area contributed by atoms with Crippen LogP contribution in [0.1, 0.15) is 31.2 Å². The molecule has 3 N–H and O–H groups in total. The molecule has 9 heteroatoms. The van der Waals surface area contributed by atoms with Gasteiger partial charge < -0.3 is 25.2 Å². The normalized spacial score (nSPS) is 14.1. The molecule has 1 saturated heterocycles. The Morgan fingerprint density at radius 2 is 1.68 bits per heavy atom. The molecule has 1 aliphatic heterocycles. The number of rotatable bonds is 7. The average molecular weight is 564 g/mol. The fourth-order valence-corrected chi connectivity index (χ4v) is 5.52. The summed E-state index contributed by atoms with van der Waals surface area (Å²) in [7, 11) is 2.14. The molecule has 0 radical (unpaired) electrons. The highest BCUT2D eigenvalue weighted by Gasteiger charge is 2.16. The van der Waals surface area contributed by atoms with Gasteiger partial charge in [0, 0.05) is 65.8 Å². The number of anilines is 2. The molecule has 206 valence electrons. The van der Waals surface area contributed by atoms with Crippen molar-refractivity contribution in [3.63, 3.8) is 0 Å². The zero-order valence-electron chi connectivity index (χ0n) is 22.5. The number of nitrogens with one attached hydrogen (secondary N) is 2. The fraction of sp³-hybridized carbons (Fsp3) is 0.156. The number of aromatic amines is 1. The van der Waals surface area contributed by atoms with Crippen LogP contribution in [0.15, 0.2) is 89.2 Å². The van der Waals surface area contributed by atoms with E-state index in [4.69, 9.17) is 0 Å². The first-order valence-electron chi connectivity index (χ1n) is 13.4. The number of hydrogen-bond acceptors (Lipinski definition) is 7. The van der Waals surface area contributed by atoms with E-state index < -0.39 is 0 Å². The number of nitrogens with zero attached hydrogens (tertiary/aromatic N) is 3. The molecule has 6 rings (SSSR count). The van der Waals surface area contributed by atoms with Gasteiger partial charge in [0.25, 0.3) is 5.91 Å². The monoisotopic (exact) mass is 563 g/mol. The van der Waals surface area contributed by atoms with Crippen LogP contribution < -0.4 is 10.2 Å². The number of ketones is 1. The molecule has 2 aromatic heterocycles. The van der Waals surface area contributed by atoms with Crippen LogP contribution in [-0.2, 0) is 0 Å². The van der Waals surface area contributed by atoms with Crippen molar-refractivity contribution in [2.75, 3.05) is 43.4 Å². The van der Waals surface area contributed by atoms with Crippen LogP contribution in [0.3, 0.4) is 0 Å². The predicted octanol–water partition coefficient (Wildman–Crippen LogP) is 5.92. The first-order chi connectivity index (χ1) is 19.9.